The normalized spacial score (nSPS) is 18.3. The van der Waals surface area contributed by atoms with Crippen molar-refractivity contribution in [1.82, 2.24) is 0 Å². The molecule has 4 atom stereocenters. The van der Waals surface area contributed by atoms with Crippen molar-refractivity contribution in [3.8, 4) is 23.6 Å². The van der Waals surface area contributed by atoms with E-state index in [1.54, 1.807) is 97.1 Å². The number of ether oxygens (including phenoxy) is 6. The van der Waals surface area contributed by atoms with Crippen molar-refractivity contribution in [1.29, 1.82) is 10.5 Å². The number of hydrogen-bond donors (Lipinski definition) is 0. The van der Waals surface area contributed by atoms with Crippen LogP contribution in [0.15, 0.2) is 132 Å². The van der Waals surface area contributed by atoms with E-state index >= 15 is 0 Å². The summed E-state index contributed by atoms with van der Waals surface area (Å²) in [6.45, 7) is 3.74. The van der Waals surface area contributed by atoms with Crippen LogP contribution in [0.4, 0.5) is 0 Å². The Kier molecular flexibility index (Phi) is 11.7. The molecule has 12 nitrogen and oxygen atoms in total. The van der Waals surface area contributed by atoms with E-state index in [4.69, 9.17) is 28.4 Å². The Morgan fingerprint density at radius 2 is 0.903 bits per heavy atom. The van der Waals surface area contributed by atoms with Crippen molar-refractivity contribution in [3.05, 3.63) is 166 Å². The first-order valence-corrected chi connectivity index (χ1v) is 19.6. The minimum atomic E-state index is -0.888. The molecular formula is C50H36N2O10. The monoisotopic (exact) mass is 824 g/mol. The van der Waals surface area contributed by atoms with Crippen LogP contribution in [0.5, 0.6) is 11.5 Å². The number of benzene rings is 6. The Morgan fingerprint density at radius 1 is 0.532 bits per heavy atom. The maximum atomic E-state index is 13.2. The Balaban J connectivity index is 0.863. The highest BCUT2D eigenvalue weighted by Crippen LogP contribution is 2.32. The molecule has 0 bridgehead atoms. The van der Waals surface area contributed by atoms with Crippen LogP contribution in [0, 0.1) is 36.5 Å². The van der Waals surface area contributed by atoms with Crippen LogP contribution in [0.2, 0.25) is 0 Å². The lowest BCUT2D eigenvalue weighted by atomic mass is 10.0. The first kappa shape index (κ1) is 40.9. The van der Waals surface area contributed by atoms with E-state index in [2.05, 4.69) is 0 Å². The van der Waals surface area contributed by atoms with Crippen molar-refractivity contribution in [3.63, 3.8) is 0 Å². The summed E-state index contributed by atoms with van der Waals surface area (Å²) in [6, 6.07) is 38.9. The van der Waals surface area contributed by atoms with Crippen molar-refractivity contribution in [2.45, 2.75) is 38.3 Å². The Morgan fingerprint density at radius 3 is 1.29 bits per heavy atom. The zero-order chi connectivity index (χ0) is 43.3. The zero-order valence-electron chi connectivity index (χ0n) is 33.4. The lowest BCUT2D eigenvalue weighted by molar-refractivity contribution is -0.150. The van der Waals surface area contributed by atoms with Crippen molar-refractivity contribution in [2.24, 2.45) is 0 Å². The predicted octanol–water partition coefficient (Wildman–Crippen LogP) is 8.18. The molecule has 0 amide bonds. The molecular weight excluding hydrogens is 789 g/mol. The summed E-state index contributed by atoms with van der Waals surface area (Å²) < 4.78 is 34.1. The molecule has 2 aliphatic heterocycles. The van der Waals surface area contributed by atoms with Gasteiger partial charge in [0.2, 0.25) is 0 Å². The van der Waals surface area contributed by atoms with Gasteiger partial charge in [-0.3, -0.25) is 0 Å². The topological polar surface area (TPSA) is 171 Å². The second-order valence-electron chi connectivity index (χ2n) is 14.9. The molecule has 2 saturated heterocycles. The van der Waals surface area contributed by atoms with Gasteiger partial charge in [0.1, 0.15) is 47.0 Å². The fourth-order valence-electron chi connectivity index (χ4n) is 7.14. The Bertz CT molecular complexity index is 2710. The molecule has 0 spiro atoms. The molecule has 2 aliphatic rings. The summed E-state index contributed by atoms with van der Waals surface area (Å²) in [5, 5.41) is 22.9. The Labute approximate surface area is 355 Å². The van der Waals surface area contributed by atoms with Gasteiger partial charge in [0.25, 0.3) is 0 Å². The van der Waals surface area contributed by atoms with E-state index in [-0.39, 0.29) is 24.4 Å². The van der Waals surface area contributed by atoms with Gasteiger partial charge >= 0.3 is 23.9 Å². The molecule has 2 fully saturated rings. The summed E-state index contributed by atoms with van der Waals surface area (Å²) in [5.41, 5.74) is 3.56. The molecule has 306 valence electrons. The van der Waals surface area contributed by atoms with Crippen molar-refractivity contribution >= 4 is 57.6 Å². The standard InChI is InChI=1S/C50H36N2O10/c1-29-3-9-33(10-4-29)47(53)59-41-17-15-35-19-31(7-13-37(35)23-41)21-39(25-51)49(55)61-43-27-57-46-44(28-58-45(43)46)62-50(56)40(26-52)22-32-8-14-38-24-42(18-16-36(38)20-32)60-48(54)34-11-5-30(2)6-12-34/h3-24,43-46H,27-28H2,1-2H3/b39-21+,40-22+/t43-,44+,45-,46-/m1/s1. The number of fused-ring (bicyclic) bond motifs is 3. The van der Waals surface area contributed by atoms with Gasteiger partial charge in [0, 0.05) is 0 Å². The average molecular weight is 825 g/mol. The van der Waals surface area contributed by atoms with E-state index in [9.17, 15) is 29.7 Å². The first-order chi connectivity index (χ1) is 30.0. The van der Waals surface area contributed by atoms with Crippen LogP contribution >= 0.6 is 0 Å². The third-order valence-corrected chi connectivity index (χ3v) is 10.4. The number of nitrogens with zero attached hydrogens (tertiary/aromatic N) is 2. The molecule has 2 heterocycles. The average Bonchev–Trinajstić information content (AvgIpc) is 3.87. The molecule has 0 aliphatic carbocycles. The first-order valence-electron chi connectivity index (χ1n) is 19.6. The van der Waals surface area contributed by atoms with Gasteiger partial charge in [-0.15, -0.1) is 0 Å². The smallest absolute Gasteiger partial charge is 0.349 e. The number of nitriles is 2. The highest BCUT2D eigenvalue weighted by atomic mass is 16.7. The minimum Gasteiger partial charge on any atom is -0.453 e. The molecule has 0 N–H and O–H groups in total. The van der Waals surface area contributed by atoms with Gasteiger partial charge in [-0.05, 0) is 119 Å². The molecule has 8 rings (SSSR count). The zero-order valence-corrected chi connectivity index (χ0v) is 33.4. The molecule has 0 aromatic heterocycles. The number of rotatable bonds is 10. The van der Waals surface area contributed by atoms with Gasteiger partial charge in [0.05, 0.1) is 24.3 Å². The molecule has 6 aromatic rings. The fourth-order valence-corrected chi connectivity index (χ4v) is 7.14. The number of hydrogen-bond acceptors (Lipinski definition) is 12. The molecule has 6 aromatic carbocycles. The largest absolute Gasteiger partial charge is 0.453 e. The van der Waals surface area contributed by atoms with Gasteiger partial charge in [0.15, 0.2) is 12.2 Å². The van der Waals surface area contributed by atoms with Crippen molar-refractivity contribution < 1.29 is 47.6 Å². The maximum Gasteiger partial charge on any atom is 0.349 e. The third-order valence-electron chi connectivity index (χ3n) is 10.4. The number of carbonyl (C=O) groups is 4. The molecule has 12 heteroatoms. The van der Waals surface area contributed by atoms with Crippen LogP contribution in [-0.2, 0) is 28.5 Å². The molecule has 62 heavy (non-hydrogen) atoms. The molecule has 0 radical (unpaired) electrons. The lowest BCUT2D eigenvalue weighted by Gasteiger charge is -2.17. The van der Waals surface area contributed by atoms with Crippen LogP contribution in [0.3, 0.4) is 0 Å². The number of carbonyl (C=O) groups excluding carboxylic acids is 4. The van der Waals surface area contributed by atoms with E-state index < -0.39 is 48.3 Å². The van der Waals surface area contributed by atoms with Crippen LogP contribution in [0.25, 0.3) is 33.7 Å². The van der Waals surface area contributed by atoms with Gasteiger partial charge in [-0.25, -0.2) is 19.2 Å². The minimum absolute atomic E-state index is 0.0640. The van der Waals surface area contributed by atoms with E-state index in [1.165, 1.54) is 12.2 Å². The fraction of sp³-hybridized carbons (Fsp3) is 0.160. The second kappa shape index (κ2) is 17.8. The molecule has 0 unspecified atom stereocenters. The maximum absolute atomic E-state index is 13.2. The third kappa shape index (κ3) is 9.13. The van der Waals surface area contributed by atoms with Gasteiger partial charge < -0.3 is 28.4 Å². The summed E-state index contributed by atoms with van der Waals surface area (Å²) in [4.78, 5) is 51.6. The van der Waals surface area contributed by atoms with Gasteiger partial charge in [-0.1, -0.05) is 71.8 Å². The van der Waals surface area contributed by atoms with E-state index in [0.717, 1.165) is 32.7 Å². The lowest BCUT2D eigenvalue weighted by Crippen LogP contribution is -2.36. The second-order valence-corrected chi connectivity index (χ2v) is 14.9. The highest BCUT2D eigenvalue weighted by molar-refractivity contribution is 6.00. The van der Waals surface area contributed by atoms with Gasteiger partial charge in [-0.2, -0.15) is 10.5 Å². The van der Waals surface area contributed by atoms with E-state index in [1.807, 2.05) is 50.3 Å². The van der Waals surface area contributed by atoms with Crippen LogP contribution in [-0.4, -0.2) is 61.5 Å². The number of esters is 4. The summed E-state index contributed by atoms with van der Waals surface area (Å²) in [5.74, 6) is -1.97. The SMILES string of the molecule is Cc1ccc(C(=O)Oc2ccc3cc(/C=C(\C#N)C(=O)O[C@H]4CO[C@H]5[C@@H]4OC[C@H]5OC(=O)/C(C#N)=C/c4ccc5cc(OC(=O)c6ccc(C)cc6)ccc5c4)ccc3c2)cc1. The van der Waals surface area contributed by atoms with Crippen molar-refractivity contribution in [2.75, 3.05) is 13.2 Å². The summed E-state index contributed by atoms with van der Waals surface area (Å²) >= 11 is 0. The highest BCUT2D eigenvalue weighted by Gasteiger charge is 2.51. The summed E-state index contributed by atoms with van der Waals surface area (Å²) in [7, 11) is 0. The van der Waals surface area contributed by atoms with Crippen LogP contribution < -0.4 is 9.47 Å². The van der Waals surface area contributed by atoms with E-state index in [0.29, 0.717) is 33.8 Å². The Hall–Kier alpha value is -7.90. The number of aryl methyl sites for hydroxylation is 2. The van der Waals surface area contributed by atoms with Crippen LogP contribution in [0.1, 0.15) is 43.0 Å². The molecule has 0 saturated carbocycles. The predicted molar refractivity (Wildman–Crippen MR) is 227 cm³/mol. The quantitative estimate of drug-likeness (QED) is 0.0562. The summed E-state index contributed by atoms with van der Waals surface area (Å²) in [6.07, 6.45) is -0.507.